The van der Waals surface area contributed by atoms with Crippen LogP contribution in [0.3, 0.4) is 0 Å². The van der Waals surface area contributed by atoms with E-state index in [0.29, 0.717) is 5.82 Å². The molecule has 26 heavy (non-hydrogen) atoms. The molecule has 5 heteroatoms. The van der Waals surface area contributed by atoms with Crippen molar-refractivity contribution in [1.82, 2.24) is 24.8 Å². The zero-order valence-corrected chi connectivity index (χ0v) is 13.9. The number of hydrogen-bond acceptors (Lipinski definition) is 4. The van der Waals surface area contributed by atoms with Gasteiger partial charge < -0.3 is 0 Å². The Morgan fingerprint density at radius 2 is 1.58 bits per heavy atom. The van der Waals surface area contributed by atoms with Gasteiger partial charge in [0.1, 0.15) is 0 Å². The molecule has 5 nitrogen and oxygen atoms in total. The quantitative estimate of drug-likeness (QED) is 0.500. The lowest BCUT2D eigenvalue weighted by Gasteiger charge is -2.08. The van der Waals surface area contributed by atoms with Crippen LogP contribution in [0.15, 0.2) is 79.1 Å². The standard InChI is InChI=1S/C21H15N5/c1-2-7-15(8-3-1)13-19-17-10-4-5-11-18(17)21-24-23-20(26(21)25-19)16-9-6-12-22-14-16/h1-12,14H,13H2. The molecule has 3 aromatic heterocycles. The summed E-state index contributed by atoms with van der Waals surface area (Å²) in [6, 6.07) is 22.5. The van der Waals surface area contributed by atoms with Crippen molar-refractivity contribution in [2.24, 2.45) is 0 Å². The highest BCUT2D eigenvalue weighted by atomic mass is 15.4. The van der Waals surface area contributed by atoms with Gasteiger partial charge >= 0.3 is 0 Å². The van der Waals surface area contributed by atoms with E-state index in [9.17, 15) is 0 Å². The molecular formula is C21H15N5. The van der Waals surface area contributed by atoms with Gasteiger partial charge in [-0.25, -0.2) is 0 Å². The molecule has 0 unspecified atom stereocenters. The minimum absolute atomic E-state index is 0.702. The fourth-order valence-electron chi connectivity index (χ4n) is 3.24. The predicted molar refractivity (Wildman–Crippen MR) is 101 cm³/mol. The van der Waals surface area contributed by atoms with Gasteiger partial charge in [-0.2, -0.15) is 9.61 Å². The number of hydrogen-bond donors (Lipinski definition) is 0. The number of aromatic nitrogens is 5. The summed E-state index contributed by atoms with van der Waals surface area (Å²) < 4.78 is 1.83. The highest BCUT2D eigenvalue weighted by Crippen LogP contribution is 2.25. The summed E-state index contributed by atoms with van der Waals surface area (Å²) in [4.78, 5) is 4.19. The van der Waals surface area contributed by atoms with E-state index in [-0.39, 0.29) is 0 Å². The van der Waals surface area contributed by atoms with Crippen LogP contribution in [0.2, 0.25) is 0 Å². The molecule has 3 heterocycles. The molecule has 0 aliphatic heterocycles. The van der Waals surface area contributed by atoms with Crippen LogP contribution in [-0.4, -0.2) is 24.8 Å². The number of benzene rings is 2. The van der Waals surface area contributed by atoms with Crippen molar-refractivity contribution in [3.8, 4) is 11.4 Å². The first-order chi connectivity index (χ1) is 12.9. The van der Waals surface area contributed by atoms with Crippen LogP contribution in [0.4, 0.5) is 0 Å². The van der Waals surface area contributed by atoms with Gasteiger partial charge in [0.25, 0.3) is 0 Å². The van der Waals surface area contributed by atoms with E-state index in [1.807, 2.05) is 34.8 Å². The second kappa shape index (κ2) is 6.04. The normalized spacial score (nSPS) is 11.2. The molecular weight excluding hydrogens is 322 g/mol. The molecule has 5 aromatic rings. The molecule has 5 rings (SSSR count). The molecule has 0 aliphatic carbocycles. The second-order valence-corrected chi connectivity index (χ2v) is 6.16. The summed E-state index contributed by atoms with van der Waals surface area (Å²) in [7, 11) is 0. The Hall–Kier alpha value is -3.60. The minimum atomic E-state index is 0.702. The first-order valence-electron chi connectivity index (χ1n) is 8.47. The molecule has 124 valence electrons. The largest absolute Gasteiger partial charge is 0.264 e. The lowest BCUT2D eigenvalue weighted by molar-refractivity contribution is 0.888. The van der Waals surface area contributed by atoms with E-state index in [2.05, 4.69) is 51.6 Å². The smallest absolute Gasteiger partial charge is 0.186 e. The van der Waals surface area contributed by atoms with Gasteiger partial charge in [0.05, 0.1) is 5.69 Å². The maximum Gasteiger partial charge on any atom is 0.186 e. The first-order valence-corrected chi connectivity index (χ1v) is 8.47. The topological polar surface area (TPSA) is 56.0 Å². The number of pyridine rings is 1. The van der Waals surface area contributed by atoms with Gasteiger partial charge in [-0.3, -0.25) is 4.98 Å². The van der Waals surface area contributed by atoms with E-state index < -0.39 is 0 Å². The Bertz CT molecular complexity index is 1200. The average Bonchev–Trinajstić information content (AvgIpc) is 3.14. The van der Waals surface area contributed by atoms with Crippen LogP contribution >= 0.6 is 0 Å². The van der Waals surface area contributed by atoms with Gasteiger partial charge in [0.15, 0.2) is 11.5 Å². The summed E-state index contributed by atoms with van der Waals surface area (Å²) in [6.07, 6.45) is 4.28. The van der Waals surface area contributed by atoms with Gasteiger partial charge in [-0.15, -0.1) is 10.2 Å². The number of fused-ring (bicyclic) bond motifs is 3. The zero-order valence-electron chi connectivity index (χ0n) is 13.9. The van der Waals surface area contributed by atoms with Crippen LogP contribution in [0.25, 0.3) is 27.8 Å². The number of nitrogens with zero attached hydrogens (tertiary/aromatic N) is 5. The van der Waals surface area contributed by atoms with Crippen LogP contribution in [-0.2, 0) is 6.42 Å². The first kappa shape index (κ1) is 14.7. The third-order valence-electron chi connectivity index (χ3n) is 4.47. The van der Waals surface area contributed by atoms with Crippen molar-refractivity contribution in [2.45, 2.75) is 6.42 Å². The van der Waals surface area contributed by atoms with Gasteiger partial charge in [-0.05, 0) is 17.7 Å². The molecule has 2 aromatic carbocycles. The SMILES string of the molecule is c1ccc(Cc2nn3c(-c4cccnc4)nnc3c3ccccc23)cc1. The van der Waals surface area contributed by atoms with Crippen molar-refractivity contribution in [3.05, 3.63) is 90.4 Å². The number of rotatable bonds is 3. The van der Waals surface area contributed by atoms with Gasteiger partial charge in [-0.1, -0.05) is 54.6 Å². The molecule has 0 saturated carbocycles. The van der Waals surface area contributed by atoms with E-state index in [4.69, 9.17) is 5.10 Å². The van der Waals surface area contributed by atoms with Crippen LogP contribution in [0.1, 0.15) is 11.3 Å². The summed E-state index contributed by atoms with van der Waals surface area (Å²) >= 11 is 0. The predicted octanol–water partition coefficient (Wildman–Crippen LogP) is 3.93. The molecule has 0 fully saturated rings. The van der Waals surface area contributed by atoms with E-state index in [1.54, 1.807) is 12.4 Å². The molecule has 0 atom stereocenters. The minimum Gasteiger partial charge on any atom is -0.264 e. The Labute approximate surface area is 150 Å². The van der Waals surface area contributed by atoms with Crippen LogP contribution in [0, 0.1) is 0 Å². The Morgan fingerprint density at radius 1 is 0.769 bits per heavy atom. The molecule has 0 aliphatic rings. The summed E-state index contributed by atoms with van der Waals surface area (Å²) in [5, 5.41) is 15.8. The highest BCUT2D eigenvalue weighted by molar-refractivity contribution is 5.95. The summed E-state index contributed by atoms with van der Waals surface area (Å²) in [6.45, 7) is 0. The molecule has 0 spiro atoms. The third-order valence-corrected chi connectivity index (χ3v) is 4.47. The lowest BCUT2D eigenvalue weighted by Crippen LogP contribution is -2.03. The van der Waals surface area contributed by atoms with Gasteiger partial charge in [0.2, 0.25) is 0 Å². The average molecular weight is 337 g/mol. The van der Waals surface area contributed by atoms with Crippen LogP contribution in [0.5, 0.6) is 0 Å². The second-order valence-electron chi connectivity index (χ2n) is 6.16. The van der Waals surface area contributed by atoms with E-state index >= 15 is 0 Å². The fourth-order valence-corrected chi connectivity index (χ4v) is 3.24. The van der Waals surface area contributed by atoms with Crippen molar-refractivity contribution in [3.63, 3.8) is 0 Å². The highest BCUT2D eigenvalue weighted by Gasteiger charge is 2.15. The van der Waals surface area contributed by atoms with Crippen molar-refractivity contribution in [2.75, 3.05) is 0 Å². The molecule has 0 amide bonds. The summed E-state index contributed by atoms with van der Waals surface area (Å²) in [5.41, 5.74) is 3.88. The van der Waals surface area contributed by atoms with Gasteiger partial charge in [0, 0.05) is 35.2 Å². The molecule has 0 bridgehead atoms. The van der Waals surface area contributed by atoms with Crippen molar-refractivity contribution in [1.29, 1.82) is 0 Å². The lowest BCUT2D eigenvalue weighted by atomic mass is 10.0. The van der Waals surface area contributed by atoms with E-state index in [0.717, 1.165) is 34.1 Å². The monoisotopic (exact) mass is 337 g/mol. The van der Waals surface area contributed by atoms with Crippen LogP contribution < -0.4 is 0 Å². The maximum absolute atomic E-state index is 4.90. The Morgan fingerprint density at radius 3 is 2.38 bits per heavy atom. The molecule has 0 N–H and O–H groups in total. The maximum atomic E-state index is 4.90. The molecule has 0 saturated heterocycles. The third kappa shape index (κ3) is 2.41. The molecule has 0 radical (unpaired) electrons. The Kier molecular flexibility index (Phi) is 3.42. The summed E-state index contributed by atoms with van der Waals surface area (Å²) in [5.74, 6) is 0.702. The fraction of sp³-hybridized carbons (Fsp3) is 0.0476. The van der Waals surface area contributed by atoms with Crippen molar-refractivity contribution >= 4 is 16.4 Å². The van der Waals surface area contributed by atoms with E-state index in [1.165, 1.54) is 5.56 Å². The zero-order chi connectivity index (χ0) is 17.3. The van der Waals surface area contributed by atoms with Crippen molar-refractivity contribution < 1.29 is 0 Å². The Balaban J connectivity index is 1.77.